The molecule has 6 heteroatoms. The van der Waals surface area contributed by atoms with Crippen molar-refractivity contribution in [3.63, 3.8) is 0 Å². The van der Waals surface area contributed by atoms with E-state index in [0.717, 1.165) is 30.4 Å². The van der Waals surface area contributed by atoms with Crippen molar-refractivity contribution in [2.75, 3.05) is 11.5 Å². The Labute approximate surface area is 119 Å². The summed E-state index contributed by atoms with van der Waals surface area (Å²) in [5.74, 6) is 1.24. The van der Waals surface area contributed by atoms with E-state index < -0.39 is 11.6 Å². The van der Waals surface area contributed by atoms with Crippen LogP contribution in [0.2, 0.25) is 0 Å². The van der Waals surface area contributed by atoms with Gasteiger partial charge in [-0.15, -0.1) is 11.6 Å². The Morgan fingerprint density at radius 2 is 2.05 bits per heavy atom. The number of alkyl halides is 1. The maximum Gasteiger partial charge on any atom is 0.184 e. The molecule has 1 aromatic carbocycles. The van der Waals surface area contributed by atoms with E-state index in [2.05, 4.69) is 4.98 Å². The third kappa shape index (κ3) is 2.23. The molecular weight excluding hydrogens is 290 g/mol. The Balaban J connectivity index is 2.21. The fourth-order valence-electron chi connectivity index (χ4n) is 2.60. The molecule has 0 amide bonds. The van der Waals surface area contributed by atoms with Gasteiger partial charge in [0.15, 0.2) is 11.6 Å². The van der Waals surface area contributed by atoms with Gasteiger partial charge >= 0.3 is 0 Å². The molecule has 0 atom stereocenters. The Bertz CT molecular complexity index is 608. The average molecular weight is 303 g/mol. The first-order valence-electron chi connectivity index (χ1n) is 6.21. The zero-order chi connectivity index (χ0) is 13.4. The lowest BCUT2D eigenvalue weighted by atomic mass is 10.1. The second kappa shape index (κ2) is 5.29. The van der Waals surface area contributed by atoms with Crippen molar-refractivity contribution in [1.82, 2.24) is 9.55 Å². The lowest BCUT2D eigenvalue weighted by Gasteiger charge is -2.25. The molecule has 0 N–H and O–H groups in total. The molecule has 2 heterocycles. The van der Waals surface area contributed by atoms with Crippen molar-refractivity contribution >= 4 is 34.4 Å². The predicted molar refractivity (Wildman–Crippen MR) is 74.8 cm³/mol. The van der Waals surface area contributed by atoms with Crippen LogP contribution >= 0.6 is 23.4 Å². The Hall–Kier alpha value is -0.810. The molecule has 0 radical (unpaired) electrons. The standard InChI is InChI=1S/C13H13ClF2N2S/c14-7-11-17-10-2-1-9(15)12(16)13(10)18(11)8-3-5-19-6-4-8/h1-2,8H,3-7H2. The number of halogens is 3. The average Bonchev–Trinajstić information content (AvgIpc) is 2.83. The summed E-state index contributed by atoms with van der Waals surface area (Å²) in [6, 6.07) is 2.79. The van der Waals surface area contributed by atoms with Gasteiger partial charge in [0.05, 0.1) is 11.4 Å². The summed E-state index contributed by atoms with van der Waals surface area (Å²) in [7, 11) is 0. The number of rotatable bonds is 2. The summed E-state index contributed by atoms with van der Waals surface area (Å²) in [5.41, 5.74) is 0.736. The normalized spacial score (nSPS) is 17.2. The SMILES string of the molecule is Fc1ccc2nc(CCl)n(C3CCSCC3)c2c1F. The van der Waals surface area contributed by atoms with Gasteiger partial charge in [-0.1, -0.05) is 0 Å². The Morgan fingerprint density at radius 3 is 2.74 bits per heavy atom. The largest absolute Gasteiger partial charge is 0.321 e. The van der Waals surface area contributed by atoms with Crippen molar-refractivity contribution in [1.29, 1.82) is 0 Å². The maximum atomic E-state index is 14.1. The van der Waals surface area contributed by atoms with Gasteiger partial charge in [-0.2, -0.15) is 11.8 Å². The number of aromatic nitrogens is 2. The molecule has 2 nitrogen and oxygen atoms in total. The first-order chi connectivity index (χ1) is 9.22. The third-order valence-electron chi connectivity index (χ3n) is 3.49. The predicted octanol–water partition coefficient (Wildman–Crippen LogP) is 4.12. The van der Waals surface area contributed by atoms with Crippen LogP contribution in [0.3, 0.4) is 0 Å². The van der Waals surface area contributed by atoms with Crippen molar-refractivity contribution in [3.8, 4) is 0 Å². The second-order valence-corrected chi connectivity index (χ2v) is 6.10. The van der Waals surface area contributed by atoms with E-state index in [1.165, 1.54) is 6.07 Å². The molecule has 19 heavy (non-hydrogen) atoms. The molecule has 0 bridgehead atoms. The van der Waals surface area contributed by atoms with Crippen LogP contribution in [0.1, 0.15) is 24.7 Å². The van der Waals surface area contributed by atoms with Crippen LogP contribution in [-0.4, -0.2) is 21.1 Å². The molecular formula is C13H13ClF2N2S. The molecule has 102 valence electrons. The monoisotopic (exact) mass is 302 g/mol. The van der Waals surface area contributed by atoms with Crippen LogP contribution in [0.15, 0.2) is 12.1 Å². The summed E-state index contributed by atoms with van der Waals surface area (Å²) >= 11 is 7.80. The zero-order valence-corrected chi connectivity index (χ0v) is 11.8. The minimum Gasteiger partial charge on any atom is -0.321 e. The van der Waals surface area contributed by atoms with Gasteiger partial charge in [-0.25, -0.2) is 13.8 Å². The zero-order valence-electron chi connectivity index (χ0n) is 10.2. The van der Waals surface area contributed by atoms with E-state index in [1.807, 2.05) is 11.8 Å². The first-order valence-corrected chi connectivity index (χ1v) is 7.90. The number of thioether (sulfide) groups is 1. The summed E-state index contributed by atoms with van der Waals surface area (Å²) < 4.78 is 29.3. The minimum atomic E-state index is -0.833. The highest BCUT2D eigenvalue weighted by Gasteiger charge is 2.24. The van der Waals surface area contributed by atoms with Gasteiger partial charge in [0.25, 0.3) is 0 Å². The van der Waals surface area contributed by atoms with Gasteiger partial charge in [-0.05, 0) is 36.5 Å². The van der Waals surface area contributed by atoms with Crippen LogP contribution in [0.5, 0.6) is 0 Å². The van der Waals surface area contributed by atoms with Crippen LogP contribution in [0, 0.1) is 11.6 Å². The number of hydrogen-bond donors (Lipinski definition) is 0. The second-order valence-electron chi connectivity index (χ2n) is 4.60. The van der Waals surface area contributed by atoms with Crippen LogP contribution in [0.4, 0.5) is 8.78 Å². The molecule has 1 aliphatic heterocycles. The highest BCUT2D eigenvalue weighted by molar-refractivity contribution is 7.99. The lowest BCUT2D eigenvalue weighted by Crippen LogP contribution is -2.17. The fraction of sp³-hybridized carbons (Fsp3) is 0.462. The highest BCUT2D eigenvalue weighted by Crippen LogP contribution is 2.33. The molecule has 1 aliphatic rings. The molecule has 3 rings (SSSR count). The number of hydrogen-bond acceptors (Lipinski definition) is 2. The van der Waals surface area contributed by atoms with Crippen molar-refractivity contribution in [2.45, 2.75) is 24.8 Å². The van der Waals surface area contributed by atoms with E-state index in [0.29, 0.717) is 11.3 Å². The van der Waals surface area contributed by atoms with E-state index in [4.69, 9.17) is 11.6 Å². The summed E-state index contributed by atoms with van der Waals surface area (Å²) in [6.45, 7) is 0. The Kier molecular flexibility index (Phi) is 3.67. The van der Waals surface area contributed by atoms with Crippen molar-refractivity contribution < 1.29 is 8.78 Å². The topological polar surface area (TPSA) is 17.8 Å². The number of nitrogens with zero attached hydrogens (tertiary/aromatic N) is 2. The molecule has 0 unspecified atom stereocenters. The van der Waals surface area contributed by atoms with Crippen LogP contribution in [0.25, 0.3) is 11.0 Å². The van der Waals surface area contributed by atoms with Crippen LogP contribution < -0.4 is 0 Å². The van der Waals surface area contributed by atoms with E-state index >= 15 is 0 Å². The first kappa shape index (κ1) is 13.2. The minimum absolute atomic E-state index is 0.163. The lowest BCUT2D eigenvalue weighted by molar-refractivity contribution is 0.456. The summed E-state index contributed by atoms with van der Waals surface area (Å²) in [6.07, 6.45) is 1.88. The van der Waals surface area contributed by atoms with E-state index in [9.17, 15) is 8.78 Å². The number of fused-ring (bicyclic) bond motifs is 1. The van der Waals surface area contributed by atoms with Crippen molar-refractivity contribution in [2.24, 2.45) is 0 Å². The molecule has 1 fully saturated rings. The highest BCUT2D eigenvalue weighted by atomic mass is 35.5. The molecule has 1 aromatic heterocycles. The summed E-state index contributed by atoms with van der Waals surface area (Å²) in [4.78, 5) is 4.33. The van der Waals surface area contributed by atoms with Gasteiger partial charge < -0.3 is 4.57 Å². The van der Waals surface area contributed by atoms with E-state index in [1.54, 1.807) is 4.57 Å². The van der Waals surface area contributed by atoms with Gasteiger partial charge in [0.2, 0.25) is 0 Å². The van der Waals surface area contributed by atoms with Gasteiger partial charge in [-0.3, -0.25) is 0 Å². The maximum absolute atomic E-state index is 14.1. The van der Waals surface area contributed by atoms with Crippen molar-refractivity contribution in [3.05, 3.63) is 29.6 Å². The molecule has 1 saturated heterocycles. The molecule has 0 aliphatic carbocycles. The van der Waals surface area contributed by atoms with E-state index in [-0.39, 0.29) is 17.4 Å². The molecule has 0 spiro atoms. The fourth-order valence-corrected chi connectivity index (χ4v) is 3.87. The van der Waals surface area contributed by atoms with Gasteiger partial charge in [0.1, 0.15) is 11.3 Å². The smallest absolute Gasteiger partial charge is 0.184 e. The number of imidazole rings is 1. The molecule has 0 saturated carbocycles. The van der Waals surface area contributed by atoms with Gasteiger partial charge in [0, 0.05) is 6.04 Å². The molecule has 2 aromatic rings. The van der Waals surface area contributed by atoms with Crippen LogP contribution in [-0.2, 0) is 5.88 Å². The summed E-state index contributed by atoms with van der Waals surface area (Å²) in [5, 5.41) is 0. The third-order valence-corrected chi connectivity index (χ3v) is 4.78. The quantitative estimate of drug-likeness (QED) is 0.777. The number of benzene rings is 1. The Morgan fingerprint density at radius 1 is 1.32 bits per heavy atom.